The number of carbonyl (C=O) groups excluding carboxylic acids is 3. The van der Waals surface area contributed by atoms with Gasteiger partial charge < -0.3 is 19.4 Å². The molecule has 1 saturated heterocycles. The molecule has 2 aromatic rings. The summed E-state index contributed by atoms with van der Waals surface area (Å²) >= 11 is 7.20. The molecule has 2 atom stereocenters. The van der Waals surface area contributed by atoms with Crippen LogP contribution >= 0.6 is 23.4 Å². The molecule has 1 fully saturated rings. The van der Waals surface area contributed by atoms with Crippen LogP contribution in [-0.2, 0) is 19.1 Å². The van der Waals surface area contributed by atoms with Crippen molar-refractivity contribution in [3.05, 3.63) is 53.4 Å². The number of hydrogen-bond donors (Lipinski definition) is 1. The average molecular weight is 409 g/mol. The van der Waals surface area contributed by atoms with E-state index >= 15 is 0 Å². The summed E-state index contributed by atoms with van der Waals surface area (Å²) in [5, 5.41) is 2.76. The molecule has 1 aromatic carbocycles. The second-order valence-electron chi connectivity index (χ2n) is 5.81. The average Bonchev–Trinajstić information content (AvgIpc) is 3.30. The van der Waals surface area contributed by atoms with Crippen LogP contribution in [0.15, 0.2) is 47.1 Å². The van der Waals surface area contributed by atoms with Crippen molar-refractivity contribution in [1.82, 2.24) is 4.90 Å². The van der Waals surface area contributed by atoms with Gasteiger partial charge >= 0.3 is 5.97 Å². The molecule has 3 rings (SSSR count). The van der Waals surface area contributed by atoms with E-state index in [4.69, 9.17) is 20.8 Å². The molecule has 0 saturated carbocycles. The zero-order valence-electron chi connectivity index (χ0n) is 14.4. The van der Waals surface area contributed by atoms with Gasteiger partial charge in [0.15, 0.2) is 6.61 Å². The highest BCUT2D eigenvalue weighted by molar-refractivity contribution is 7.99. The maximum atomic E-state index is 12.4. The van der Waals surface area contributed by atoms with E-state index in [-0.39, 0.29) is 5.91 Å². The van der Waals surface area contributed by atoms with Gasteiger partial charge in [0.05, 0.1) is 6.26 Å². The smallest absolute Gasteiger partial charge is 0.330 e. The van der Waals surface area contributed by atoms with Crippen molar-refractivity contribution in [1.29, 1.82) is 0 Å². The molecule has 0 aliphatic carbocycles. The number of furan rings is 1. The van der Waals surface area contributed by atoms with Crippen LogP contribution in [0.1, 0.15) is 18.1 Å². The van der Waals surface area contributed by atoms with E-state index in [2.05, 4.69) is 5.32 Å². The van der Waals surface area contributed by atoms with Crippen LogP contribution in [0.2, 0.25) is 5.02 Å². The number of nitrogens with zero attached hydrogens (tertiary/aromatic N) is 1. The van der Waals surface area contributed by atoms with Crippen LogP contribution in [0.4, 0.5) is 5.69 Å². The normalized spacial score (nSPS) is 19.0. The number of nitrogens with one attached hydrogen (secondary N) is 1. The quantitative estimate of drug-likeness (QED) is 0.765. The number of anilines is 1. The van der Waals surface area contributed by atoms with E-state index < -0.39 is 29.9 Å². The van der Waals surface area contributed by atoms with Crippen LogP contribution in [0.25, 0.3) is 0 Å². The van der Waals surface area contributed by atoms with E-state index in [1.165, 1.54) is 29.8 Å². The number of hydrogen-bond acceptors (Lipinski definition) is 6. The Kier molecular flexibility index (Phi) is 6.08. The number of amides is 2. The lowest BCUT2D eigenvalue weighted by Gasteiger charge is -2.25. The van der Waals surface area contributed by atoms with Gasteiger partial charge in [-0.1, -0.05) is 11.6 Å². The third-order valence-electron chi connectivity index (χ3n) is 3.90. The Balaban J connectivity index is 1.57. The first-order valence-corrected chi connectivity index (χ1v) is 9.54. The molecule has 1 N–H and O–H groups in total. The Hall–Kier alpha value is -2.45. The molecule has 0 bridgehead atoms. The number of esters is 1. The standard InChI is InChI=1S/C18H17ClN2O5S/c1-11(22)21-14(10-27-17(21)15-3-2-8-25-15)18(24)26-9-16(23)20-13-6-4-12(19)5-7-13/h2-8,14,17H,9-10H2,1H3,(H,20,23)/t14-,17+/m0/s1. The van der Waals surface area contributed by atoms with Crippen LogP contribution in [0, 0.1) is 0 Å². The lowest BCUT2D eigenvalue weighted by Crippen LogP contribution is -2.43. The highest BCUT2D eigenvalue weighted by atomic mass is 35.5. The first-order chi connectivity index (χ1) is 13.0. The summed E-state index contributed by atoms with van der Waals surface area (Å²) in [7, 11) is 0. The molecule has 1 aliphatic heterocycles. The number of thioether (sulfide) groups is 1. The van der Waals surface area contributed by atoms with Gasteiger partial charge in [0.2, 0.25) is 5.91 Å². The third kappa shape index (κ3) is 4.64. The fourth-order valence-corrected chi connectivity index (χ4v) is 4.23. The van der Waals surface area contributed by atoms with E-state index in [0.717, 1.165) is 0 Å². The summed E-state index contributed by atoms with van der Waals surface area (Å²) in [4.78, 5) is 37.8. The molecule has 0 spiro atoms. The van der Waals surface area contributed by atoms with Gasteiger partial charge in [-0.25, -0.2) is 4.79 Å². The molecule has 142 valence electrons. The fourth-order valence-electron chi connectivity index (χ4n) is 2.69. The molecule has 7 nitrogen and oxygen atoms in total. The number of halogens is 1. The van der Waals surface area contributed by atoms with E-state index in [9.17, 15) is 14.4 Å². The van der Waals surface area contributed by atoms with Crippen LogP contribution in [-0.4, -0.2) is 41.1 Å². The van der Waals surface area contributed by atoms with Gasteiger partial charge in [-0.3, -0.25) is 9.59 Å². The molecule has 2 amide bonds. The zero-order valence-corrected chi connectivity index (χ0v) is 16.0. The second kappa shape index (κ2) is 8.49. The maximum Gasteiger partial charge on any atom is 0.330 e. The highest BCUT2D eigenvalue weighted by Crippen LogP contribution is 2.41. The van der Waals surface area contributed by atoms with E-state index in [0.29, 0.717) is 22.2 Å². The predicted octanol–water partition coefficient (Wildman–Crippen LogP) is 3.08. The summed E-state index contributed by atoms with van der Waals surface area (Å²) in [6, 6.07) is 9.26. The largest absolute Gasteiger partial charge is 0.466 e. The predicted molar refractivity (Wildman–Crippen MR) is 101 cm³/mol. The number of carbonyl (C=O) groups is 3. The summed E-state index contributed by atoms with van der Waals surface area (Å²) in [5.74, 6) is -0.422. The van der Waals surface area contributed by atoms with E-state index in [1.807, 2.05) is 0 Å². The molecular formula is C18H17ClN2O5S. The van der Waals surface area contributed by atoms with Gasteiger partial charge in [0.1, 0.15) is 17.2 Å². The number of ether oxygens (including phenoxy) is 1. The van der Waals surface area contributed by atoms with Crippen LogP contribution in [0.5, 0.6) is 0 Å². The first-order valence-electron chi connectivity index (χ1n) is 8.11. The topological polar surface area (TPSA) is 88.8 Å². The highest BCUT2D eigenvalue weighted by Gasteiger charge is 2.43. The van der Waals surface area contributed by atoms with Crippen molar-refractivity contribution < 1.29 is 23.5 Å². The van der Waals surface area contributed by atoms with Crippen LogP contribution < -0.4 is 5.32 Å². The lowest BCUT2D eigenvalue weighted by molar-refractivity contribution is -0.155. The SMILES string of the molecule is CC(=O)N1[C@@H](c2ccco2)SC[C@H]1C(=O)OCC(=O)Nc1ccc(Cl)cc1. The van der Waals surface area contributed by atoms with Gasteiger partial charge in [-0.15, -0.1) is 11.8 Å². The minimum absolute atomic E-state index is 0.269. The number of benzene rings is 1. The Labute approximate surface area is 165 Å². The van der Waals surface area contributed by atoms with E-state index in [1.54, 1.807) is 36.4 Å². The van der Waals surface area contributed by atoms with Crippen LogP contribution in [0.3, 0.4) is 0 Å². The first kappa shape index (κ1) is 19.3. The number of rotatable bonds is 5. The van der Waals surface area contributed by atoms with Gasteiger partial charge in [0.25, 0.3) is 5.91 Å². The molecule has 1 aliphatic rings. The molecule has 2 heterocycles. The molecule has 9 heteroatoms. The monoisotopic (exact) mass is 408 g/mol. The molecule has 0 radical (unpaired) electrons. The summed E-state index contributed by atoms with van der Waals surface area (Å²) in [5.41, 5.74) is 0.542. The molecule has 0 unspecified atom stereocenters. The summed E-state index contributed by atoms with van der Waals surface area (Å²) < 4.78 is 10.5. The lowest BCUT2D eigenvalue weighted by atomic mass is 10.2. The minimum Gasteiger partial charge on any atom is -0.466 e. The van der Waals surface area contributed by atoms with Crippen molar-refractivity contribution in [3.8, 4) is 0 Å². The van der Waals surface area contributed by atoms with Crippen molar-refractivity contribution in [2.75, 3.05) is 17.7 Å². The summed E-state index contributed by atoms with van der Waals surface area (Å²) in [6.07, 6.45) is 1.51. The van der Waals surface area contributed by atoms with Crippen molar-refractivity contribution in [2.45, 2.75) is 18.3 Å². The summed E-state index contributed by atoms with van der Waals surface area (Å²) in [6.45, 7) is 0.940. The van der Waals surface area contributed by atoms with Gasteiger partial charge in [0, 0.05) is 23.4 Å². The zero-order chi connectivity index (χ0) is 19.4. The molecule has 1 aromatic heterocycles. The third-order valence-corrected chi connectivity index (χ3v) is 5.43. The Morgan fingerprint density at radius 3 is 2.67 bits per heavy atom. The minimum atomic E-state index is -0.772. The molecular weight excluding hydrogens is 392 g/mol. The Bertz CT molecular complexity index is 825. The Morgan fingerprint density at radius 1 is 1.30 bits per heavy atom. The van der Waals surface area contributed by atoms with Crippen molar-refractivity contribution >= 4 is 46.8 Å². The van der Waals surface area contributed by atoms with Gasteiger partial charge in [-0.2, -0.15) is 0 Å². The fraction of sp³-hybridized carbons (Fsp3) is 0.278. The van der Waals surface area contributed by atoms with Crippen molar-refractivity contribution in [2.24, 2.45) is 0 Å². The second-order valence-corrected chi connectivity index (χ2v) is 7.36. The maximum absolute atomic E-state index is 12.4. The Morgan fingerprint density at radius 2 is 2.04 bits per heavy atom. The van der Waals surface area contributed by atoms with Crippen molar-refractivity contribution in [3.63, 3.8) is 0 Å². The molecule has 27 heavy (non-hydrogen) atoms. The van der Waals surface area contributed by atoms with Gasteiger partial charge in [-0.05, 0) is 36.4 Å².